The highest BCUT2D eigenvalue weighted by atomic mass is 16.2. The van der Waals surface area contributed by atoms with Gasteiger partial charge in [0.15, 0.2) is 5.96 Å². The summed E-state index contributed by atoms with van der Waals surface area (Å²) in [6.07, 6.45) is 7.17. The molecule has 0 spiro atoms. The lowest BCUT2D eigenvalue weighted by molar-refractivity contribution is -0.132. The summed E-state index contributed by atoms with van der Waals surface area (Å²) < 4.78 is 0. The lowest BCUT2D eigenvalue weighted by Gasteiger charge is -2.24. The predicted octanol–water partition coefficient (Wildman–Crippen LogP) is -1.55. The van der Waals surface area contributed by atoms with Gasteiger partial charge in [-0.2, -0.15) is 0 Å². The van der Waals surface area contributed by atoms with Crippen LogP contribution >= 0.6 is 0 Å². The van der Waals surface area contributed by atoms with Crippen LogP contribution in [0, 0.1) is 12.3 Å². The van der Waals surface area contributed by atoms with Crippen LogP contribution in [0.1, 0.15) is 48.9 Å². The van der Waals surface area contributed by atoms with Crippen LogP contribution in [-0.4, -0.2) is 60.8 Å². The number of guanidine groups is 1. The highest BCUT2D eigenvalue weighted by Gasteiger charge is 2.28. The second-order valence-electron chi connectivity index (χ2n) is 8.06. The molecule has 0 bridgehead atoms. The van der Waals surface area contributed by atoms with Gasteiger partial charge in [0.2, 0.25) is 17.7 Å². The quantitative estimate of drug-likeness (QED) is 0.0612. The van der Waals surface area contributed by atoms with Crippen LogP contribution < -0.4 is 38.9 Å². The number of terminal acetylenes is 1. The molecule has 12 nitrogen and oxygen atoms in total. The zero-order chi connectivity index (χ0) is 26.9. The summed E-state index contributed by atoms with van der Waals surface area (Å²) in [7, 11) is 0. The number of rotatable bonds is 16. The van der Waals surface area contributed by atoms with E-state index in [1.54, 1.807) is 30.3 Å². The van der Waals surface area contributed by atoms with Crippen molar-refractivity contribution in [2.45, 2.75) is 56.7 Å². The summed E-state index contributed by atoms with van der Waals surface area (Å²) in [6, 6.07) is 5.33. The Morgan fingerprint density at radius 3 is 2.00 bits per heavy atom. The van der Waals surface area contributed by atoms with Crippen LogP contribution in [0.15, 0.2) is 35.3 Å². The van der Waals surface area contributed by atoms with E-state index in [1.807, 2.05) is 0 Å². The summed E-state index contributed by atoms with van der Waals surface area (Å²) in [5.74, 6) is -0.245. The fourth-order valence-corrected chi connectivity index (χ4v) is 3.25. The first-order valence-electron chi connectivity index (χ1n) is 11.6. The van der Waals surface area contributed by atoms with Crippen molar-refractivity contribution in [1.82, 2.24) is 16.0 Å². The zero-order valence-electron chi connectivity index (χ0n) is 20.2. The van der Waals surface area contributed by atoms with Gasteiger partial charge in [-0.1, -0.05) is 18.2 Å². The molecule has 36 heavy (non-hydrogen) atoms. The predicted molar refractivity (Wildman–Crippen MR) is 137 cm³/mol. The molecule has 1 aromatic carbocycles. The van der Waals surface area contributed by atoms with Gasteiger partial charge in [0.1, 0.15) is 18.1 Å². The number of hydrogen-bond donors (Lipinski definition) is 7. The minimum atomic E-state index is -1.08. The molecule has 0 radical (unpaired) electrons. The smallest absolute Gasteiger partial charge is 0.251 e. The Bertz CT molecular complexity index is 941. The number of nitrogens with zero attached hydrogens (tertiary/aromatic N) is 1. The monoisotopic (exact) mass is 500 g/mol. The largest absolute Gasteiger partial charge is 0.370 e. The minimum absolute atomic E-state index is 0.0862. The van der Waals surface area contributed by atoms with Crippen LogP contribution in [0.2, 0.25) is 0 Å². The maximum Gasteiger partial charge on any atom is 0.251 e. The minimum Gasteiger partial charge on any atom is -0.370 e. The van der Waals surface area contributed by atoms with E-state index < -0.39 is 41.8 Å². The number of benzene rings is 1. The van der Waals surface area contributed by atoms with Crippen LogP contribution in [-0.2, 0) is 14.4 Å². The SMILES string of the molecule is C#CCC(NC(=O)[C@H](CCCCN)NC(=O)[C@H](CCCN=C(N)N)NC(=O)c1ccccc1)C(N)=O. The van der Waals surface area contributed by atoms with Crippen molar-refractivity contribution in [1.29, 1.82) is 0 Å². The molecule has 12 heteroatoms. The molecule has 1 unspecified atom stereocenters. The standard InChI is InChI=1S/C24H36N8O4/c1-2-9-17(20(26)33)30-22(35)18(12-6-7-14-25)32-23(36)19(13-8-15-29-24(27)28)31-21(34)16-10-4-3-5-11-16/h1,3-5,10-11,17-19H,6-9,12-15,25H2,(H2,26,33)(H,30,35)(H,31,34)(H,32,36)(H4,27,28,29)/t17?,18-,19-/m0/s1. The second-order valence-corrected chi connectivity index (χ2v) is 8.06. The Balaban J connectivity index is 3.02. The van der Waals surface area contributed by atoms with Crippen molar-refractivity contribution in [2.24, 2.45) is 27.9 Å². The van der Waals surface area contributed by atoms with Gasteiger partial charge in [-0.05, 0) is 50.8 Å². The second kappa shape index (κ2) is 16.5. The van der Waals surface area contributed by atoms with Gasteiger partial charge in [-0.3, -0.25) is 24.2 Å². The topological polar surface area (TPSA) is 221 Å². The molecule has 0 fully saturated rings. The molecule has 11 N–H and O–H groups in total. The van der Waals surface area contributed by atoms with Crippen molar-refractivity contribution >= 4 is 29.6 Å². The summed E-state index contributed by atoms with van der Waals surface area (Å²) in [5, 5.41) is 7.86. The molecule has 3 atom stereocenters. The third-order valence-corrected chi connectivity index (χ3v) is 5.16. The first-order valence-corrected chi connectivity index (χ1v) is 11.6. The van der Waals surface area contributed by atoms with Gasteiger partial charge in [0, 0.05) is 18.5 Å². The fraction of sp³-hybridized carbons (Fsp3) is 0.458. The number of primary amides is 1. The van der Waals surface area contributed by atoms with Crippen molar-refractivity contribution in [3.05, 3.63) is 35.9 Å². The Morgan fingerprint density at radius 2 is 1.44 bits per heavy atom. The Hall–Kier alpha value is -4.11. The third-order valence-electron chi connectivity index (χ3n) is 5.16. The molecule has 0 aliphatic heterocycles. The number of nitrogens with one attached hydrogen (secondary N) is 3. The Labute approximate surface area is 211 Å². The van der Waals surface area contributed by atoms with Crippen LogP contribution in [0.4, 0.5) is 0 Å². The molecule has 0 heterocycles. The third kappa shape index (κ3) is 11.3. The van der Waals surface area contributed by atoms with E-state index in [0.29, 0.717) is 31.4 Å². The van der Waals surface area contributed by atoms with Gasteiger partial charge in [0.25, 0.3) is 5.91 Å². The number of carbonyl (C=O) groups excluding carboxylic acids is 4. The zero-order valence-corrected chi connectivity index (χ0v) is 20.2. The van der Waals surface area contributed by atoms with Gasteiger partial charge in [-0.25, -0.2) is 0 Å². The van der Waals surface area contributed by atoms with Crippen LogP contribution in [0.3, 0.4) is 0 Å². The van der Waals surface area contributed by atoms with Gasteiger partial charge < -0.3 is 38.9 Å². The summed E-state index contributed by atoms with van der Waals surface area (Å²) >= 11 is 0. The average Bonchev–Trinajstić information content (AvgIpc) is 2.85. The summed E-state index contributed by atoms with van der Waals surface area (Å²) in [4.78, 5) is 54.3. The molecule has 0 aliphatic rings. The molecule has 4 amide bonds. The molecular formula is C24H36N8O4. The van der Waals surface area contributed by atoms with E-state index in [9.17, 15) is 19.2 Å². The van der Waals surface area contributed by atoms with E-state index in [2.05, 4.69) is 26.9 Å². The number of unbranched alkanes of at least 4 members (excludes halogenated alkanes) is 1. The number of nitrogens with two attached hydrogens (primary N) is 4. The first kappa shape index (κ1) is 29.9. The van der Waals surface area contributed by atoms with E-state index >= 15 is 0 Å². The number of hydrogen-bond acceptors (Lipinski definition) is 6. The molecule has 0 aliphatic carbocycles. The Kier molecular flexibility index (Phi) is 13.7. The summed E-state index contributed by atoms with van der Waals surface area (Å²) in [5.41, 5.74) is 21.9. The highest BCUT2D eigenvalue weighted by molar-refractivity contribution is 5.98. The molecule has 0 saturated carbocycles. The van der Waals surface area contributed by atoms with E-state index in [4.69, 9.17) is 29.4 Å². The van der Waals surface area contributed by atoms with Crippen molar-refractivity contribution in [3.63, 3.8) is 0 Å². The molecule has 1 aromatic rings. The van der Waals surface area contributed by atoms with E-state index in [-0.39, 0.29) is 31.8 Å². The van der Waals surface area contributed by atoms with Crippen LogP contribution in [0.5, 0.6) is 0 Å². The Morgan fingerprint density at radius 1 is 0.861 bits per heavy atom. The van der Waals surface area contributed by atoms with Crippen molar-refractivity contribution in [2.75, 3.05) is 13.1 Å². The number of carbonyl (C=O) groups is 4. The number of aliphatic imine (C=N–C) groups is 1. The van der Waals surface area contributed by atoms with Gasteiger partial charge >= 0.3 is 0 Å². The normalized spacial score (nSPS) is 12.8. The van der Waals surface area contributed by atoms with E-state index in [0.717, 1.165) is 0 Å². The lowest BCUT2D eigenvalue weighted by atomic mass is 10.0. The van der Waals surface area contributed by atoms with Gasteiger partial charge in [0.05, 0.1) is 0 Å². The molecular weight excluding hydrogens is 464 g/mol. The molecule has 0 aromatic heterocycles. The first-order chi connectivity index (χ1) is 17.2. The fourth-order valence-electron chi connectivity index (χ4n) is 3.25. The lowest BCUT2D eigenvalue weighted by Crippen LogP contribution is -2.56. The maximum absolute atomic E-state index is 13.2. The summed E-state index contributed by atoms with van der Waals surface area (Å²) in [6.45, 7) is 0.657. The maximum atomic E-state index is 13.2. The van der Waals surface area contributed by atoms with Crippen LogP contribution in [0.25, 0.3) is 0 Å². The van der Waals surface area contributed by atoms with Gasteiger partial charge in [-0.15, -0.1) is 12.3 Å². The van der Waals surface area contributed by atoms with Crippen molar-refractivity contribution < 1.29 is 19.2 Å². The van der Waals surface area contributed by atoms with E-state index in [1.165, 1.54) is 0 Å². The highest BCUT2D eigenvalue weighted by Crippen LogP contribution is 2.07. The molecule has 0 saturated heterocycles. The molecule has 1 rings (SSSR count). The number of amides is 4. The average molecular weight is 501 g/mol. The molecule has 196 valence electrons. The van der Waals surface area contributed by atoms with Crippen molar-refractivity contribution in [3.8, 4) is 12.3 Å².